The minimum absolute atomic E-state index is 0.0310. The van der Waals surface area contributed by atoms with Crippen molar-refractivity contribution in [1.82, 2.24) is 0 Å². The van der Waals surface area contributed by atoms with Crippen molar-refractivity contribution < 1.29 is 0 Å². The van der Waals surface area contributed by atoms with E-state index in [4.69, 9.17) is 0 Å². The Kier molecular flexibility index (Phi) is 10.8. The number of anilines is 12. The Morgan fingerprint density at radius 1 is 0.284 bits per heavy atom. The molecule has 13 aromatic rings. The topological polar surface area (TPSA) is 13.0 Å². The van der Waals surface area contributed by atoms with Crippen LogP contribution >= 0.6 is 34.9 Å². The van der Waals surface area contributed by atoms with Gasteiger partial charge in [0, 0.05) is 102 Å². The van der Waals surface area contributed by atoms with Gasteiger partial charge in [-0.2, -0.15) is 0 Å². The molecule has 378 valence electrons. The molecule has 0 saturated carbocycles. The largest absolute Gasteiger partial charge is 0.311 e. The number of para-hydroxylation sites is 6. The van der Waals surface area contributed by atoms with E-state index in [9.17, 15) is 0 Å². The van der Waals surface area contributed by atoms with E-state index in [1.54, 1.807) is 0 Å². The Morgan fingerprint density at radius 2 is 0.765 bits per heavy atom. The normalized spacial score (nSPS) is 13.2. The summed E-state index contributed by atoms with van der Waals surface area (Å²) in [5, 5.41) is 2.56. The van der Waals surface area contributed by atoms with Crippen LogP contribution in [0.25, 0.3) is 20.2 Å². The Balaban J connectivity index is 0.961. The van der Waals surface area contributed by atoms with Crippen molar-refractivity contribution in [2.24, 2.45) is 0 Å². The average molecular weight is 1090 g/mol. The first kappa shape index (κ1) is 46.8. The van der Waals surface area contributed by atoms with Gasteiger partial charge in [0.05, 0.1) is 5.69 Å². The first-order valence-corrected chi connectivity index (χ1v) is 30.1. The lowest BCUT2D eigenvalue weighted by Gasteiger charge is -2.44. The average Bonchev–Trinajstić information content (AvgIpc) is 3.70. The van der Waals surface area contributed by atoms with Crippen LogP contribution < -0.4 is 52.4 Å². The van der Waals surface area contributed by atoms with Gasteiger partial charge in [-0.25, -0.2) is 0 Å². The monoisotopic (exact) mass is 1080 g/mol. The number of thiophene rings is 1. The molecule has 0 N–H and O–H groups in total. The van der Waals surface area contributed by atoms with Gasteiger partial charge in [-0.05, 0) is 143 Å². The van der Waals surface area contributed by atoms with E-state index in [2.05, 4.69) is 299 Å². The van der Waals surface area contributed by atoms with Gasteiger partial charge in [0.1, 0.15) is 0 Å². The summed E-state index contributed by atoms with van der Waals surface area (Å²) < 4.78 is 2.57. The van der Waals surface area contributed by atoms with Crippen LogP contribution in [0.5, 0.6) is 0 Å². The maximum atomic E-state index is 2.66. The molecule has 4 aliphatic heterocycles. The molecule has 0 aliphatic carbocycles. The molecule has 17 rings (SSSR count). The number of hydrogen-bond donors (Lipinski definition) is 0. The molecule has 0 bridgehead atoms. The van der Waals surface area contributed by atoms with Crippen molar-refractivity contribution in [2.45, 2.75) is 19.6 Å². The lowest BCUT2D eigenvalue weighted by molar-refractivity contribution is 1.22. The van der Waals surface area contributed by atoms with Gasteiger partial charge in [-0.3, -0.25) is 0 Å². The first-order chi connectivity index (χ1) is 40.2. The summed E-state index contributed by atoms with van der Waals surface area (Å²) in [7, 11) is 0. The molecule has 0 saturated heterocycles. The zero-order valence-corrected chi connectivity index (χ0v) is 46.2. The van der Waals surface area contributed by atoms with Crippen LogP contribution in [-0.4, -0.2) is 13.4 Å². The Morgan fingerprint density at radius 3 is 1.40 bits per heavy atom. The van der Waals surface area contributed by atoms with Gasteiger partial charge in [0.15, 0.2) is 0 Å². The standard InChI is InChI=1S/C72H46B2N4S3/c1-6-23-47(24-7-1)75(48-25-8-2-9-26-48)52-41-62-71-69(44-52)81-67-46-61-57(45-58(67)73(71)55-34-17-19-36-59(55)77(62)51-31-14-5-15-32-51)74-56-35-18-21-39-65(56)80-68-43-53(76(49-27-10-3-11-28-49)50-29-12-4-13-30-50)42-63(72(68)74)78(61)60-37-22-40-66-70(60)54-33-16-20-38-64(54)79-66/h1-46H. The van der Waals surface area contributed by atoms with E-state index < -0.39 is 0 Å². The van der Waals surface area contributed by atoms with Gasteiger partial charge < -0.3 is 19.6 Å². The summed E-state index contributed by atoms with van der Waals surface area (Å²) in [4.78, 5) is 15.1. The minimum Gasteiger partial charge on any atom is -0.311 e. The molecular weight excluding hydrogens is 1040 g/mol. The van der Waals surface area contributed by atoms with Crippen molar-refractivity contribution in [3.63, 3.8) is 0 Å². The number of fused-ring (bicyclic) bond motifs is 11. The second-order valence-electron chi connectivity index (χ2n) is 21.1. The molecule has 0 spiro atoms. The third kappa shape index (κ3) is 7.35. The smallest absolute Gasteiger partial charge is 0.249 e. The summed E-state index contributed by atoms with van der Waals surface area (Å²) in [6.45, 7) is -0.0697. The molecule has 4 nitrogen and oxygen atoms in total. The van der Waals surface area contributed by atoms with E-state index in [1.807, 2.05) is 34.9 Å². The van der Waals surface area contributed by atoms with Crippen LogP contribution in [0.4, 0.5) is 68.2 Å². The minimum atomic E-state index is -0.0388. The van der Waals surface area contributed by atoms with E-state index in [0.717, 1.165) is 39.8 Å². The number of benzene rings is 12. The van der Waals surface area contributed by atoms with Crippen LogP contribution in [0.1, 0.15) is 0 Å². The Hall–Kier alpha value is -9.11. The molecule has 0 amide bonds. The number of nitrogens with zero attached hydrogens (tertiary/aromatic N) is 4. The van der Waals surface area contributed by atoms with Gasteiger partial charge in [0.25, 0.3) is 0 Å². The lowest BCUT2D eigenvalue weighted by Crippen LogP contribution is -2.64. The van der Waals surface area contributed by atoms with Gasteiger partial charge >= 0.3 is 0 Å². The molecular formula is C72H46B2N4S3. The molecule has 0 unspecified atom stereocenters. The van der Waals surface area contributed by atoms with Gasteiger partial charge in [-0.1, -0.05) is 192 Å². The van der Waals surface area contributed by atoms with Crippen molar-refractivity contribution in [1.29, 1.82) is 0 Å². The Bertz CT molecular complexity index is 4560. The quantitative estimate of drug-likeness (QED) is 0.140. The molecule has 0 atom stereocenters. The number of rotatable bonds is 8. The molecule has 12 aromatic carbocycles. The lowest BCUT2D eigenvalue weighted by atomic mass is 9.31. The van der Waals surface area contributed by atoms with E-state index in [1.165, 1.54) is 101 Å². The molecule has 0 radical (unpaired) electrons. The molecule has 81 heavy (non-hydrogen) atoms. The third-order valence-corrected chi connectivity index (χ3v) is 20.1. The molecule has 1 aromatic heterocycles. The van der Waals surface area contributed by atoms with Crippen molar-refractivity contribution in [3.05, 3.63) is 279 Å². The fourth-order valence-corrected chi connectivity index (χ4v) is 16.9. The molecule has 9 heteroatoms. The second kappa shape index (κ2) is 18.8. The van der Waals surface area contributed by atoms with E-state index >= 15 is 0 Å². The van der Waals surface area contributed by atoms with Crippen LogP contribution in [0.15, 0.2) is 299 Å². The SMILES string of the molecule is c1ccc(N(c2ccccc2)c2cc3c4c(c2)N(c2ccccc2)c2ccccc2B4c2cc4c(cc2S3)N(c2cccc3sc5ccccc5c23)c2cc(N(c3ccccc3)c3ccccc3)cc3c2B4c2ccccc2S3)cc1. The van der Waals surface area contributed by atoms with E-state index in [-0.39, 0.29) is 13.4 Å². The van der Waals surface area contributed by atoms with E-state index in [0.29, 0.717) is 0 Å². The molecule has 4 aliphatic rings. The zero-order chi connectivity index (χ0) is 53.1. The highest BCUT2D eigenvalue weighted by atomic mass is 32.2. The highest BCUT2D eigenvalue weighted by Crippen LogP contribution is 2.52. The fourth-order valence-electron chi connectivity index (χ4n) is 13.4. The van der Waals surface area contributed by atoms with Crippen LogP contribution in [-0.2, 0) is 0 Å². The zero-order valence-electron chi connectivity index (χ0n) is 43.7. The van der Waals surface area contributed by atoms with Crippen LogP contribution in [0, 0.1) is 0 Å². The molecule has 5 heterocycles. The highest BCUT2D eigenvalue weighted by Gasteiger charge is 2.46. The second-order valence-corrected chi connectivity index (χ2v) is 24.4. The maximum absolute atomic E-state index is 2.66. The maximum Gasteiger partial charge on any atom is 0.249 e. The van der Waals surface area contributed by atoms with Crippen LogP contribution in [0.3, 0.4) is 0 Å². The highest BCUT2D eigenvalue weighted by molar-refractivity contribution is 8.00. The van der Waals surface area contributed by atoms with Crippen molar-refractivity contribution in [3.8, 4) is 0 Å². The summed E-state index contributed by atoms with van der Waals surface area (Å²) in [6, 6.07) is 104. The predicted octanol–water partition coefficient (Wildman–Crippen LogP) is 16.5. The Labute approximate surface area is 484 Å². The summed E-state index contributed by atoms with van der Waals surface area (Å²) >= 11 is 5.72. The third-order valence-electron chi connectivity index (χ3n) is 16.7. The summed E-state index contributed by atoms with van der Waals surface area (Å²) in [5.74, 6) is 0. The molecule has 0 fully saturated rings. The van der Waals surface area contributed by atoms with Gasteiger partial charge in [-0.15, -0.1) is 11.3 Å². The summed E-state index contributed by atoms with van der Waals surface area (Å²) in [5.41, 5.74) is 21.8. The van der Waals surface area contributed by atoms with Gasteiger partial charge in [0.2, 0.25) is 13.4 Å². The summed E-state index contributed by atoms with van der Waals surface area (Å²) in [6.07, 6.45) is 0. The first-order valence-electron chi connectivity index (χ1n) is 27.6. The van der Waals surface area contributed by atoms with Crippen molar-refractivity contribution >= 4 is 169 Å². The number of hydrogen-bond acceptors (Lipinski definition) is 7. The fraction of sp³-hybridized carbons (Fsp3) is 0. The van der Waals surface area contributed by atoms with Crippen molar-refractivity contribution in [2.75, 3.05) is 19.6 Å². The predicted molar refractivity (Wildman–Crippen MR) is 349 cm³/mol. The van der Waals surface area contributed by atoms with Crippen LogP contribution in [0.2, 0.25) is 0 Å².